The van der Waals surface area contributed by atoms with Crippen LogP contribution in [0.25, 0.3) is 0 Å². The topological polar surface area (TPSA) is 45.2 Å². The molecule has 0 aliphatic heterocycles. The van der Waals surface area contributed by atoms with Gasteiger partial charge in [-0.15, -0.1) is 0 Å². The average Bonchev–Trinajstić information content (AvgIpc) is 2.82. The minimum Gasteiger partial charge on any atom is -0.507 e. The summed E-state index contributed by atoms with van der Waals surface area (Å²) in [6.45, 7) is 9.21. The first-order valence-electron chi connectivity index (χ1n) is 12.5. The smallest absolute Gasteiger partial charge is 0.127 e. The van der Waals surface area contributed by atoms with Gasteiger partial charge >= 0.3 is 0 Å². The Bertz CT molecular complexity index is 1090. The van der Waals surface area contributed by atoms with E-state index in [-0.39, 0.29) is 5.41 Å². The van der Waals surface area contributed by atoms with Crippen molar-refractivity contribution < 1.29 is 14.6 Å². The van der Waals surface area contributed by atoms with Crippen molar-refractivity contribution in [3.8, 4) is 17.2 Å². The van der Waals surface area contributed by atoms with E-state index < -0.39 is 7.92 Å². The molecular weight excluding hydrogens is 503 g/mol. The molecule has 0 aliphatic rings. The van der Waals surface area contributed by atoms with Gasteiger partial charge in [-0.05, 0) is 88.5 Å². The maximum Gasteiger partial charge on any atom is 0.127 e. The Morgan fingerprint density at radius 3 is 1.57 bits per heavy atom. The zero-order valence-corrected chi connectivity index (χ0v) is 24.7. The molecule has 0 amide bonds. The average molecular weight is 543 g/mol. The Balaban J connectivity index is 2.00. The van der Waals surface area contributed by atoms with Crippen molar-refractivity contribution in [3.05, 3.63) is 71.2 Å². The molecule has 37 heavy (non-hydrogen) atoms. The Kier molecular flexibility index (Phi) is 10.3. The monoisotopic (exact) mass is 542 g/mol. The van der Waals surface area contributed by atoms with Crippen molar-refractivity contribution in [1.29, 1.82) is 0 Å². The highest BCUT2D eigenvalue weighted by Crippen LogP contribution is 2.42. The largest absolute Gasteiger partial charge is 0.507 e. The third-order valence-electron chi connectivity index (χ3n) is 5.91. The van der Waals surface area contributed by atoms with Crippen LogP contribution < -0.4 is 25.4 Å². The Hall–Kier alpha value is -2.30. The second kappa shape index (κ2) is 13.0. The third-order valence-corrected chi connectivity index (χ3v) is 8.58. The number of hydrogen-bond acceptors (Lipinski definition) is 5. The van der Waals surface area contributed by atoms with Gasteiger partial charge in [0, 0.05) is 29.0 Å². The minimum atomic E-state index is -1.08. The summed E-state index contributed by atoms with van der Waals surface area (Å²) < 4.78 is 11.8. The van der Waals surface area contributed by atoms with E-state index in [0.717, 1.165) is 46.1 Å². The van der Waals surface area contributed by atoms with Crippen LogP contribution in [0.2, 0.25) is 5.02 Å². The van der Waals surface area contributed by atoms with Crippen molar-refractivity contribution in [2.24, 2.45) is 0 Å². The van der Waals surface area contributed by atoms with Gasteiger partial charge in [0.25, 0.3) is 0 Å². The van der Waals surface area contributed by atoms with Gasteiger partial charge in [0.15, 0.2) is 0 Å². The van der Waals surface area contributed by atoms with Gasteiger partial charge < -0.3 is 24.4 Å². The predicted molar refractivity (Wildman–Crippen MR) is 159 cm³/mol. The fourth-order valence-corrected chi connectivity index (χ4v) is 6.47. The van der Waals surface area contributed by atoms with E-state index in [1.807, 2.05) is 64.6 Å². The third kappa shape index (κ3) is 8.35. The van der Waals surface area contributed by atoms with Crippen LogP contribution in [-0.2, 0) is 5.41 Å². The van der Waals surface area contributed by atoms with E-state index >= 15 is 0 Å². The second-order valence-corrected chi connectivity index (χ2v) is 13.3. The van der Waals surface area contributed by atoms with Crippen LogP contribution in [0.1, 0.15) is 26.3 Å². The molecule has 0 saturated heterocycles. The number of aromatic hydroxyl groups is 1. The molecule has 0 unspecified atom stereocenters. The lowest BCUT2D eigenvalue weighted by Gasteiger charge is -2.26. The number of likely N-dealkylation sites (N-methyl/N-ethyl adjacent to an activating group) is 2. The van der Waals surface area contributed by atoms with Crippen molar-refractivity contribution in [2.45, 2.75) is 26.2 Å². The molecule has 200 valence electrons. The first-order chi connectivity index (χ1) is 17.5. The number of phenols is 1. The SMILES string of the molecule is CN(C)CCOc1ccc(P(c2ccc(OCCN(C)C)cc2)c2cc(Cl)cc(C(C)(C)C)c2O)cc1. The summed E-state index contributed by atoms with van der Waals surface area (Å²) in [6, 6.07) is 20.2. The molecule has 1 N–H and O–H groups in total. The quantitative estimate of drug-likeness (QED) is 0.346. The number of hydrogen-bond donors (Lipinski definition) is 1. The van der Waals surface area contributed by atoms with Crippen LogP contribution in [0.3, 0.4) is 0 Å². The summed E-state index contributed by atoms with van der Waals surface area (Å²) in [5, 5.41) is 15.2. The van der Waals surface area contributed by atoms with Crippen LogP contribution in [-0.4, -0.2) is 69.4 Å². The number of halogens is 1. The standard InChI is InChI=1S/C30H40ClN2O3P/c1-30(2,3)27-20-22(31)21-28(29(27)34)37(25-12-8-23(9-13-25)35-18-16-32(4)5)26-14-10-24(11-15-26)36-19-17-33(6)7/h8-15,20-21,34H,16-19H2,1-7H3. The highest BCUT2D eigenvalue weighted by atomic mass is 35.5. The van der Waals surface area contributed by atoms with Crippen LogP contribution in [0.5, 0.6) is 17.2 Å². The zero-order valence-electron chi connectivity index (χ0n) is 23.1. The zero-order chi connectivity index (χ0) is 27.2. The molecule has 3 aromatic carbocycles. The van der Waals surface area contributed by atoms with E-state index in [0.29, 0.717) is 24.0 Å². The molecule has 0 fully saturated rings. The van der Waals surface area contributed by atoms with E-state index in [1.165, 1.54) is 0 Å². The van der Waals surface area contributed by atoms with Crippen LogP contribution in [0.15, 0.2) is 60.7 Å². The van der Waals surface area contributed by atoms with Crippen molar-refractivity contribution in [2.75, 3.05) is 54.5 Å². The van der Waals surface area contributed by atoms with Crippen LogP contribution in [0, 0.1) is 0 Å². The lowest BCUT2D eigenvalue weighted by Crippen LogP contribution is -2.24. The highest BCUT2D eigenvalue weighted by Gasteiger charge is 2.27. The van der Waals surface area contributed by atoms with Crippen LogP contribution in [0.4, 0.5) is 0 Å². The summed E-state index contributed by atoms with van der Waals surface area (Å²) in [7, 11) is 7.04. The molecule has 0 aliphatic carbocycles. The predicted octanol–water partition coefficient (Wildman–Crippen LogP) is 4.98. The number of nitrogens with zero attached hydrogens (tertiary/aromatic N) is 2. The van der Waals surface area contributed by atoms with Gasteiger partial charge in [0.1, 0.15) is 30.5 Å². The molecule has 3 aromatic rings. The Labute approximate surface area is 228 Å². The molecule has 5 nitrogen and oxygen atoms in total. The van der Waals surface area contributed by atoms with Gasteiger partial charge in [0.2, 0.25) is 0 Å². The van der Waals surface area contributed by atoms with Crippen molar-refractivity contribution in [3.63, 3.8) is 0 Å². The van der Waals surface area contributed by atoms with E-state index in [1.54, 1.807) is 0 Å². The van der Waals surface area contributed by atoms with Crippen molar-refractivity contribution >= 4 is 35.4 Å². The van der Waals surface area contributed by atoms with Gasteiger partial charge in [-0.3, -0.25) is 0 Å². The first-order valence-corrected chi connectivity index (χ1v) is 14.3. The fourth-order valence-electron chi connectivity index (χ4n) is 3.83. The Morgan fingerprint density at radius 1 is 0.757 bits per heavy atom. The minimum absolute atomic E-state index is 0.251. The number of rotatable bonds is 11. The van der Waals surface area contributed by atoms with Gasteiger partial charge in [0.05, 0.1) is 0 Å². The first kappa shape index (κ1) is 29.3. The van der Waals surface area contributed by atoms with E-state index in [4.69, 9.17) is 21.1 Å². The molecule has 0 spiro atoms. The maximum atomic E-state index is 11.5. The summed E-state index contributed by atoms with van der Waals surface area (Å²) in [5.74, 6) is 1.97. The molecule has 0 atom stereocenters. The van der Waals surface area contributed by atoms with Crippen molar-refractivity contribution in [1.82, 2.24) is 9.80 Å². The summed E-state index contributed by atoms with van der Waals surface area (Å²) >= 11 is 6.61. The number of ether oxygens (including phenoxy) is 2. The molecule has 0 bridgehead atoms. The fraction of sp³-hybridized carbons (Fsp3) is 0.400. The molecule has 0 radical (unpaired) electrons. The Morgan fingerprint density at radius 2 is 1.19 bits per heavy atom. The summed E-state index contributed by atoms with van der Waals surface area (Å²) in [4.78, 5) is 4.19. The van der Waals surface area contributed by atoms with Crippen LogP contribution >= 0.6 is 19.5 Å². The lowest BCUT2D eigenvalue weighted by molar-refractivity contribution is 0.261. The summed E-state index contributed by atoms with van der Waals surface area (Å²) in [6.07, 6.45) is 0. The number of phenolic OH excluding ortho intramolecular Hbond substituents is 1. The molecular formula is C30H40ClN2O3P. The maximum absolute atomic E-state index is 11.5. The molecule has 7 heteroatoms. The van der Waals surface area contributed by atoms with Gasteiger partial charge in [-0.25, -0.2) is 0 Å². The molecule has 0 aromatic heterocycles. The van der Waals surface area contributed by atoms with E-state index in [2.05, 4.69) is 54.8 Å². The second-order valence-electron chi connectivity index (χ2n) is 10.7. The van der Waals surface area contributed by atoms with Gasteiger partial charge in [-0.1, -0.05) is 56.6 Å². The highest BCUT2D eigenvalue weighted by molar-refractivity contribution is 7.80. The normalized spacial score (nSPS) is 12.0. The molecule has 0 saturated carbocycles. The van der Waals surface area contributed by atoms with Gasteiger partial charge in [-0.2, -0.15) is 0 Å². The number of benzene rings is 3. The molecule has 3 rings (SSSR count). The van der Waals surface area contributed by atoms with E-state index in [9.17, 15) is 5.11 Å². The lowest BCUT2D eigenvalue weighted by atomic mass is 9.86. The molecule has 0 heterocycles. The summed E-state index contributed by atoms with van der Waals surface area (Å²) in [5.41, 5.74) is 0.591.